The van der Waals surface area contributed by atoms with Crippen LogP contribution in [0.15, 0.2) is 29.3 Å². The molecule has 0 heterocycles. The van der Waals surface area contributed by atoms with Gasteiger partial charge in [-0.1, -0.05) is 45.0 Å². The smallest absolute Gasteiger partial charge is 0.188 e. The molecule has 4 nitrogen and oxygen atoms in total. The van der Waals surface area contributed by atoms with E-state index in [9.17, 15) is 0 Å². The van der Waals surface area contributed by atoms with Crippen molar-refractivity contribution in [2.75, 3.05) is 13.2 Å². The van der Waals surface area contributed by atoms with E-state index in [-0.39, 0.29) is 24.0 Å². The summed E-state index contributed by atoms with van der Waals surface area (Å²) in [7, 11) is 0. The first-order valence-electron chi connectivity index (χ1n) is 7.31. The van der Waals surface area contributed by atoms with Gasteiger partial charge in [0.15, 0.2) is 5.96 Å². The number of nitrogens with one attached hydrogen (secondary N) is 1. The van der Waals surface area contributed by atoms with E-state index in [1.807, 2.05) is 12.1 Å². The first kappa shape index (κ1) is 20.2. The molecule has 3 N–H and O–H groups in total. The summed E-state index contributed by atoms with van der Waals surface area (Å²) in [5.41, 5.74) is 8.20. The minimum absolute atomic E-state index is 0. The monoisotopic (exact) mass is 405 g/mol. The molecule has 0 aliphatic heterocycles. The zero-order valence-electron chi connectivity index (χ0n) is 13.3. The Bertz CT molecular complexity index is 422. The predicted octanol–water partition coefficient (Wildman–Crippen LogP) is 3.29. The van der Waals surface area contributed by atoms with Crippen molar-refractivity contribution >= 4 is 29.9 Å². The van der Waals surface area contributed by atoms with Crippen LogP contribution >= 0.6 is 24.0 Å². The Balaban J connectivity index is 0.00000400. The quantitative estimate of drug-likeness (QED) is 0.302. The highest BCUT2D eigenvalue weighted by Gasteiger charge is 2.02. The summed E-state index contributed by atoms with van der Waals surface area (Å²) in [4.78, 5) is 4.38. The minimum Gasteiger partial charge on any atom is -0.377 e. The molecule has 0 saturated heterocycles. The van der Waals surface area contributed by atoms with Crippen LogP contribution in [0.4, 0.5) is 0 Å². The third-order valence-electron chi connectivity index (χ3n) is 2.84. The molecule has 0 saturated carbocycles. The van der Waals surface area contributed by atoms with Crippen LogP contribution in [0.5, 0.6) is 0 Å². The molecule has 1 rings (SSSR count). The van der Waals surface area contributed by atoms with Crippen molar-refractivity contribution in [2.24, 2.45) is 16.6 Å². The molecule has 0 spiro atoms. The Morgan fingerprint density at radius 3 is 2.57 bits per heavy atom. The van der Waals surface area contributed by atoms with Crippen molar-refractivity contribution in [3.05, 3.63) is 35.4 Å². The largest absolute Gasteiger partial charge is 0.377 e. The number of rotatable bonds is 8. The fourth-order valence-corrected chi connectivity index (χ4v) is 1.71. The second kappa shape index (κ2) is 11.8. The van der Waals surface area contributed by atoms with Gasteiger partial charge in [0.1, 0.15) is 0 Å². The van der Waals surface area contributed by atoms with Crippen LogP contribution in [-0.4, -0.2) is 19.1 Å². The maximum absolute atomic E-state index is 5.85. The SMILES string of the molecule is CCCOCc1ccccc1CN=C(N)NCC(C)C.I. The molecule has 0 aliphatic carbocycles. The highest BCUT2D eigenvalue weighted by Crippen LogP contribution is 2.11. The molecule has 120 valence electrons. The van der Waals surface area contributed by atoms with E-state index in [2.05, 4.69) is 43.2 Å². The predicted molar refractivity (Wildman–Crippen MR) is 100.0 cm³/mol. The molecule has 0 aliphatic rings. The first-order valence-corrected chi connectivity index (χ1v) is 7.31. The minimum atomic E-state index is 0. The topological polar surface area (TPSA) is 59.6 Å². The summed E-state index contributed by atoms with van der Waals surface area (Å²) in [5, 5.41) is 3.12. The summed E-state index contributed by atoms with van der Waals surface area (Å²) in [5.74, 6) is 1.06. The van der Waals surface area contributed by atoms with Gasteiger partial charge in [-0.2, -0.15) is 0 Å². The van der Waals surface area contributed by atoms with Gasteiger partial charge in [0.2, 0.25) is 0 Å². The lowest BCUT2D eigenvalue weighted by Crippen LogP contribution is -2.34. The normalized spacial score (nSPS) is 11.3. The average Bonchev–Trinajstić information content (AvgIpc) is 2.44. The summed E-state index contributed by atoms with van der Waals surface area (Å²) < 4.78 is 5.60. The van der Waals surface area contributed by atoms with Gasteiger partial charge in [0, 0.05) is 13.2 Å². The Morgan fingerprint density at radius 1 is 1.29 bits per heavy atom. The van der Waals surface area contributed by atoms with E-state index >= 15 is 0 Å². The number of hydrogen-bond donors (Lipinski definition) is 2. The van der Waals surface area contributed by atoms with Crippen LogP contribution in [0.25, 0.3) is 0 Å². The number of aliphatic imine (C=N–C) groups is 1. The molecule has 0 atom stereocenters. The highest BCUT2D eigenvalue weighted by atomic mass is 127. The molecule has 1 aromatic carbocycles. The van der Waals surface area contributed by atoms with Crippen LogP contribution in [-0.2, 0) is 17.9 Å². The lowest BCUT2D eigenvalue weighted by Gasteiger charge is -2.10. The number of benzene rings is 1. The number of guanidine groups is 1. The lowest BCUT2D eigenvalue weighted by molar-refractivity contribution is 0.121. The van der Waals surface area contributed by atoms with Crippen LogP contribution in [0.2, 0.25) is 0 Å². The molecule has 0 fully saturated rings. The van der Waals surface area contributed by atoms with Gasteiger partial charge < -0.3 is 15.8 Å². The lowest BCUT2D eigenvalue weighted by atomic mass is 10.1. The number of nitrogens with two attached hydrogens (primary N) is 1. The third-order valence-corrected chi connectivity index (χ3v) is 2.84. The summed E-state index contributed by atoms with van der Waals surface area (Å²) in [6.45, 7) is 9.24. The summed E-state index contributed by atoms with van der Waals surface area (Å²) in [6.07, 6.45) is 1.03. The van der Waals surface area contributed by atoms with E-state index in [0.29, 0.717) is 25.0 Å². The van der Waals surface area contributed by atoms with Gasteiger partial charge in [-0.05, 0) is 23.5 Å². The van der Waals surface area contributed by atoms with E-state index in [0.717, 1.165) is 25.1 Å². The zero-order chi connectivity index (χ0) is 14.8. The van der Waals surface area contributed by atoms with E-state index < -0.39 is 0 Å². The van der Waals surface area contributed by atoms with Gasteiger partial charge in [0.25, 0.3) is 0 Å². The molecule has 21 heavy (non-hydrogen) atoms. The van der Waals surface area contributed by atoms with Gasteiger partial charge in [-0.25, -0.2) is 4.99 Å². The molecule has 0 aromatic heterocycles. The van der Waals surface area contributed by atoms with E-state index in [4.69, 9.17) is 10.5 Å². The fraction of sp³-hybridized carbons (Fsp3) is 0.562. The van der Waals surface area contributed by atoms with Crippen molar-refractivity contribution in [1.29, 1.82) is 0 Å². The maximum atomic E-state index is 5.85. The number of halogens is 1. The number of hydrogen-bond acceptors (Lipinski definition) is 2. The molecule has 5 heteroatoms. The molecular weight excluding hydrogens is 377 g/mol. The second-order valence-electron chi connectivity index (χ2n) is 5.30. The van der Waals surface area contributed by atoms with Gasteiger partial charge >= 0.3 is 0 Å². The van der Waals surface area contributed by atoms with Crippen molar-refractivity contribution in [2.45, 2.75) is 40.3 Å². The third kappa shape index (κ3) is 8.93. The Kier molecular flexibility index (Phi) is 11.3. The fourth-order valence-electron chi connectivity index (χ4n) is 1.71. The molecule has 1 aromatic rings. The standard InChI is InChI=1S/C16H27N3O.HI/c1-4-9-20-12-15-8-6-5-7-14(15)11-19-16(17)18-10-13(2)3;/h5-8,13H,4,9-12H2,1-3H3,(H3,17,18,19);1H. The maximum Gasteiger partial charge on any atom is 0.188 e. The number of ether oxygens (including phenoxy) is 1. The Labute approximate surface area is 145 Å². The molecule has 0 bridgehead atoms. The van der Waals surface area contributed by atoms with Crippen molar-refractivity contribution in [1.82, 2.24) is 5.32 Å². The van der Waals surface area contributed by atoms with Gasteiger partial charge in [-0.3, -0.25) is 0 Å². The molecule has 0 unspecified atom stereocenters. The van der Waals surface area contributed by atoms with Crippen molar-refractivity contribution in [3.63, 3.8) is 0 Å². The van der Waals surface area contributed by atoms with E-state index in [1.165, 1.54) is 5.56 Å². The molecular formula is C16H28IN3O. The number of nitrogens with zero attached hydrogens (tertiary/aromatic N) is 1. The zero-order valence-corrected chi connectivity index (χ0v) is 15.6. The Morgan fingerprint density at radius 2 is 1.95 bits per heavy atom. The van der Waals surface area contributed by atoms with Crippen molar-refractivity contribution in [3.8, 4) is 0 Å². The summed E-state index contributed by atoms with van der Waals surface area (Å²) in [6, 6.07) is 8.20. The molecule has 0 amide bonds. The average molecular weight is 405 g/mol. The first-order chi connectivity index (χ1) is 9.63. The van der Waals surface area contributed by atoms with Crippen LogP contribution in [0, 0.1) is 5.92 Å². The summed E-state index contributed by atoms with van der Waals surface area (Å²) >= 11 is 0. The van der Waals surface area contributed by atoms with Crippen LogP contribution in [0.1, 0.15) is 38.3 Å². The molecule has 0 radical (unpaired) electrons. The van der Waals surface area contributed by atoms with Gasteiger partial charge in [0.05, 0.1) is 13.2 Å². The van der Waals surface area contributed by atoms with Crippen LogP contribution < -0.4 is 11.1 Å². The Hall–Kier alpha value is -0.820. The van der Waals surface area contributed by atoms with Crippen molar-refractivity contribution < 1.29 is 4.74 Å². The van der Waals surface area contributed by atoms with Gasteiger partial charge in [-0.15, -0.1) is 24.0 Å². The second-order valence-corrected chi connectivity index (χ2v) is 5.30. The highest BCUT2D eigenvalue weighted by molar-refractivity contribution is 14.0. The van der Waals surface area contributed by atoms with Crippen LogP contribution in [0.3, 0.4) is 0 Å². The van der Waals surface area contributed by atoms with E-state index in [1.54, 1.807) is 0 Å².